The van der Waals surface area contributed by atoms with E-state index in [1.807, 2.05) is 12.1 Å². The summed E-state index contributed by atoms with van der Waals surface area (Å²) in [5.74, 6) is 0.149. The van der Waals surface area contributed by atoms with Gasteiger partial charge in [-0.25, -0.2) is 9.78 Å². The Morgan fingerprint density at radius 1 is 1.15 bits per heavy atom. The van der Waals surface area contributed by atoms with Crippen molar-refractivity contribution in [1.82, 2.24) is 10.3 Å². The lowest BCUT2D eigenvalue weighted by Crippen LogP contribution is -2.37. The Morgan fingerprint density at radius 2 is 1.94 bits per heavy atom. The molecule has 3 aromatic rings. The van der Waals surface area contributed by atoms with Crippen molar-refractivity contribution in [2.75, 3.05) is 6.54 Å². The summed E-state index contributed by atoms with van der Waals surface area (Å²) in [5.41, 5.74) is 3.23. The van der Waals surface area contributed by atoms with Crippen LogP contribution in [0, 0.1) is 0 Å². The molecule has 2 aromatic carbocycles. The fourth-order valence-corrected chi connectivity index (χ4v) is 4.09. The van der Waals surface area contributed by atoms with Gasteiger partial charge in [-0.05, 0) is 66.8 Å². The van der Waals surface area contributed by atoms with Crippen molar-refractivity contribution >= 4 is 41.6 Å². The number of aliphatic hydroxyl groups is 1. The van der Waals surface area contributed by atoms with Crippen LogP contribution in [0.3, 0.4) is 0 Å². The van der Waals surface area contributed by atoms with Crippen molar-refractivity contribution in [3.05, 3.63) is 87.2 Å². The van der Waals surface area contributed by atoms with Crippen LogP contribution in [0.25, 0.3) is 0 Å². The number of benzene rings is 2. The summed E-state index contributed by atoms with van der Waals surface area (Å²) in [5, 5.41) is 23.6. The number of carbonyl (C=O) groups is 1. The number of hydrogen-bond acceptors (Lipinski definition) is 5. The van der Waals surface area contributed by atoms with Crippen molar-refractivity contribution in [3.8, 4) is 11.5 Å². The lowest BCUT2D eigenvalue weighted by atomic mass is 9.88. The number of rotatable bonds is 7. The van der Waals surface area contributed by atoms with Gasteiger partial charge in [0.1, 0.15) is 16.7 Å². The molecule has 0 aliphatic heterocycles. The maximum atomic E-state index is 11.2. The van der Waals surface area contributed by atoms with E-state index < -0.39 is 12.1 Å². The van der Waals surface area contributed by atoms with Gasteiger partial charge in [-0.2, -0.15) is 0 Å². The second-order valence-corrected chi connectivity index (χ2v) is 8.54. The van der Waals surface area contributed by atoms with Crippen LogP contribution in [0.5, 0.6) is 11.5 Å². The Hall–Kier alpha value is -2.35. The second-order valence-electron chi connectivity index (χ2n) is 7.77. The van der Waals surface area contributed by atoms with Crippen LogP contribution in [-0.4, -0.2) is 33.8 Å². The first-order valence-corrected chi connectivity index (χ1v) is 11.0. The molecule has 1 aromatic heterocycles. The monoisotopic (exact) mass is 508 g/mol. The minimum Gasteiger partial charge on any atom is -0.478 e. The minimum absolute atomic E-state index is 0. The molecule has 0 radical (unpaired) electrons. The molecule has 1 aliphatic carbocycles. The normalized spacial score (nSPS) is 15.8. The number of carboxylic acid groups (broad SMARTS) is 1. The van der Waals surface area contributed by atoms with Gasteiger partial charge < -0.3 is 20.3 Å². The number of hydrogen-bond donors (Lipinski definition) is 3. The van der Waals surface area contributed by atoms with Crippen LogP contribution in [0.1, 0.15) is 39.6 Å². The molecule has 2 atom stereocenters. The molecular weight excluding hydrogens is 487 g/mol. The largest absolute Gasteiger partial charge is 0.478 e. The number of aromatic carboxylic acids is 1. The van der Waals surface area contributed by atoms with Gasteiger partial charge in [-0.3, -0.25) is 0 Å². The van der Waals surface area contributed by atoms with Gasteiger partial charge >= 0.3 is 5.97 Å². The standard InChI is InChI=1S/C24H22Cl2N2O4.ClH/c25-21-11-17(12-28-23(21)26)22(29)13-27-18-6-4-14-5-7-20(10-16(14)8-18)32-19-3-1-2-15(9-19)24(30)31;/h1-3,5,7,9-12,18,22,27,29H,4,6,8,13H2,(H,30,31);1H/t18-,22-;/m0./s1. The summed E-state index contributed by atoms with van der Waals surface area (Å²) < 4.78 is 5.89. The van der Waals surface area contributed by atoms with Crippen molar-refractivity contribution in [3.63, 3.8) is 0 Å². The summed E-state index contributed by atoms with van der Waals surface area (Å²) in [6, 6.07) is 14.2. The summed E-state index contributed by atoms with van der Waals surface area (Å²) in [4.78, 5) is 15.2. The molecule has 174 valence electrons. The molecule has 0 amide bonds. The Morgan fingerprint density at radius 3 is 2.70 bits per heavy atom. The zero-order valence-electron chi connectivity index (χ0n) is 17.5. The molecule has 0 fully saturated rings. The first-order valence-electron chi connectivity index (χ1n) is 10.2. The molecule has 6 nitrogen and oxygen atoms in total. The first kappa shape index (κ1) is 25.3. The van der Waals surface area contributed by atoms with Gasteiger partial charge in [0, 0.05) is 24.3 Å². The van der Waals surface area contributed by atoms with Crippen LogP contribution in [-0.2, 0) is 12.8 Å². The molecule has 0 unspecified atom stereocenters. The lowest BCUT2D eigenvalue weighted by molar-refractivity contribution is 0.0696. The van der Waals surface area contributed by atoms with Crippen molar-refractivity contribution in [1.29, 1.82) is 0 Å². The van der Waals surface area contributed by atoms with Crippen molar-refractivity contribution in [2.24, 2.45) is 0 Å². The number of pyridine rings is 1. The number of carboxylic acids is 1. The molecule has 0 spiro atoms. The smallest absolute Gasteiger partial charge is 0.335 e. The molecule has 0 saturated carbocycles. The van der Waals surface area contributed by atoms with E-state index >= 15 is 0 Å². The van der Waals surface area contributed by atoms with E-state index in [-0.39, 0.29) is 29.2 Å². The highest BCUT2D eigenvalue weighted by Gasteiger charge is 2.20. The average Bonchev–Trinajstić information content (AvgIpc) is 2.79. The second kappa shape index (κ2) is 11.2. The minimum atomic E-state index is -0.992. The van der Waals surface area contributed by atoms with E-state index in [2.05, 4.69) is 16.4 Å². The molecule has 1 heterocycles. The third-order valence-electron chi connectivity index (χ3n) is 5.52. The SMILES string of the molecule is Cl.O=C(O)c1cccc(Oc2ccc3c(c2)C[C@@H](NC[C@H](O)c2cnc(Cl)c(Cl)c2)CC3)c1. The summed E-state index contributed by atoms with van der Waals surface area (Å²) in [6.45, 7) is 0.373. The fraction of sp³-hybridized carbons (Fsp3) is 0.250. The Balaban J connectivity index is 0.00000306. The highest BCUT2D eigenvalue weighted by atomic mass is 35.5. The first-order chi connectivity index (χ1) is 15.4. The number of fused-ring (bicyclic) bond motifs is 1. The highest BCUT2D eigenvalue weighted by molar-refractivity contribution is 6.41. The third-order valence-corrected chi connectivity index (χ3v) is 6.21. The molecule has 0 bridgehead atoms. The Bertz CT molecular complexity index is 1140. The number of nitrogens with zero attached hydrogens (tertiary/aromatic N) is 1. The van der Waals surface area contributed by atoms with E-state index in [0.717, 1.165) is 19.3 Å². The molecule has 9 heteroatoms. The zero-order valence-corrected chi connectivity index (χ0v) is 19.8. The maximum absolute atomic E-state index is 11.2. The summed E-state index contributed by atoms with van der Waals surface area (Å²) in [7, 11) is 0. The summed E-state index contributed by atoms with van der Waals surface area (Å²) in [6.07, 6.45) is 3.47. The van der Waals surface area contributed by atoms with Gasteiger partial charge in [0.05, 0.1) is 16.7 Å². The number of aromatic nitrogens is 1. The van der Waals surface area contributed by atoms with E-state index in [4.69, 9.17) is 33.0 Å². The molecular formula is C24H23Cl3N2O4. The van der Waals surface area contributed by atoms with Gasteiger partial charge in [0.15, 0.2) is 0 Å². The molecule has 0 saturated heterocycles. The van der Waals surface area contributed by atoms with Gasteiger partial charge in [-0.1, -0.05) is 35.3 Å². The Kier molecular flexibility index (Phi) is 8.57. The van der Waals surface area contributed by atoms with Crippen LogP contribution in [0.2, 0.25) is 10.2 Å². The molecule has 4 rings (SSSR count). The molecule has 3 N–H and O–H groups in total. The summed E-state index contributed by atoms with van der Waals surface area (Å²) >= 11 is 11.8. The predicted molar refractivity (Wildman–Crippen MR) is 130 cm³/mol. The van der Waals surface area contributed by atoms with Gasteiger partial charge in [0.2, 0.25) is 0 Å². The van der Waals surface area contributed by atoms with E-state index in [1.54, 1.807) is 18.2 Å². The number of ether oxygens (including phenoxy) is 1. The van der Waals surface area contributed by atoms with E-state index in [9.17, 15) is 9.90 Å². The Labute approximate surface area is 207 Å². The van der Waals surface area contributed by atoms with Gasteiger partial charge in [0.25, 0.3) is 0 Å². The molecule has 33 heavy (non-hydrogen) atoms. The highest BCUT2D eigenvalue weighted by Crippen LogP contribution is 2.29. The van der Waals surface area contributed by atoms with Crippen LogP contribution >= 0.6 is 35.6 Å². The third kappa shape index (κ3) is 6.37. The zero-order chi connectivity index (χ0) is 22.7. The average molecular weight is 510 g/mol. The quantitative estimate of drug-likeness (QED) is 0.365. The number of halogens is 3. The fourth-order valence-electron chi connectivity index (χ4n) is 3.81. The van der Waals surface area contributed by atoms with E-state index in [1.165, 1.54) is 29.5 Å². The van der Waals surface area contributed by atoms with Crippen molar-refractivity contribution < 1.29 is 19.7 Å². The van der Waals surface area contributed by atoms with Crippen molar-refractivity contribution in [2.45, 2.75) is 31.4 Å². The number of nitrogens with one attached hydrogen (secondary N) is 1. The van der Waals surface area contributed by atoms with Crippen LogP contribution in [0.15, 0.2) is 54.7 Å². The lowest BCUT2D eigenvalue weighted by Gasteiger charge is -2.27. The van der Waals surface area contributed by atoms with Gasteiger partial charge in [-0.15, -0.1) is 12.4 Å². The predicted octanol–water partition coefficient (Wildman–Crippen LogP) is 5.48. The maximum Gasteiger partial charge on any atom is 0.335 e. The topological polar surface area (TPSA) is 91.7 Å². The van der Waals surface area contributed by atoms with E-state index in [0.29, 0.717) is 28.6 Å². The van der Waals surface area contributed by atoms with Crippen LogP contribution in [0.4, 0.5) is 0 Å². The molecule has 1 aliphatic rings. The number of aliphatic hydroxyl groups excluding tert-OH is 1. The number of aryl methyl sites for hydroxylation is 1. The van der Waals surface area contributed by atoms with Crippen LogP contribution < -0.4 is 10.1 Å².